The van der Waals surface area contributed by atoms with Crippen LogP contribution in [0.3, 0.4) is 0 Å². The van der Waals surface area contributed by atoms with Gasteiger partial charge >= 0.3 is 18.1 Å². The highest BCUT2D eigenvalue weighted by Crippen LogP contribution is 2.13. The third-order valence-electron chi connectivity index (χ3n) is 1.29. The fraction of sp³-hybridized carbons (Fsp3) is 0.625. The SMILES string of the molecule is COC(=O)CNC(=O)[C@H](C)N.O=C(O)C(F)(F)F. The number of alkyl halides is 3. The number of carbonyl (C=O) groups excluding carboxylic acids is 2. The van der Waals surface area contributed by atoms with Crippen LogP contribution in [0.25, 0.3) is 0 Å². The molecule has 0 saturated carbocycles. The van der Waals surface area contributed by atoms with Gasteiger partial charge in [0, 0.05) is 0 Å². The molecule has 0 bridgehead atoms. The summed E-state index contributed by atoms with van der Waals surface area (Å²) in [5.74, 6) is -3.61. The Morgan fingerprint density at radius 1 is 1.39 bits per heavy atom. The smallest absolute Gasteiger partial charge is 0.475 e. The van der Waals surface area contributed by atoms with Crippen LogP contribution in [-0.2, 0) is 19.1 Å². The Morgan fingerprint density at radius 3 is 2.00 bits per heavy atom. The number of carboxylic acids is 1. The van der Waals surface area contributed by atoms with Crippen molar-refractivity contribution in [2.24, 2.45) is 5.73 Å². The minimum absolute atomic E-state index is 0.128. The van der Waals surface area contributed by atoms with Gasteiger partial charge in [0.25, 0.3) is 0 Å². The molecule has 18 heavy (non-hydrogen) atoms. The zero-order valence-corrected chi connectivity index (χ0v) is 9.58. The van der Waals surface area contributed by atoms with Crippen molar-refractivity contribution in [3.05, 3.63) is 0 Å². The summed E-state index contributed by atoms with van der Waals surface area (Å²) in [6.07, 6.45) is -5.08. The summed E-state index contributed by atoms with van der Waals surface area (Å²) in [7, 11) is 1.25. The lowest BCUT2D eigenvalue weighted by atomic mass is 10.3. The molecule has 0 aliphatic heterocycles. The Labute approximate surface area is 100 Å². The van der Waals surface area contributed by atoms with E-state index in [4.69, 9.17) is 15.6 Å². The molecular formula is C8H13F3N2O5. The number of nitrogens with two attached hydrogens (primary N) is 1. The van der Waals surface area contributed by atoms with Gasteiger partial charge in [-0.25, -0.2) is 4.79 Å². The van der Waals surface area contributed by atoms with Gasteiger partial charge in [-0.1, -0.05) is 0 Å². The van der Waals surface area contributed by atoms with Crippen molar-refractivity contribution in [2.75, 3.05) is 13.7 Å². The predicted octanol–water partition coefficient (Wildman–Crippen LogP) is -0.744. The second kappa shape index (κ2) is 8.28. The molecule has 4 N–H and O–H groups in total. The summed E-state index contributed by atoms with van der Waals surface area (Å²) >= 11 is 0. The first-order valence-corrected chi connectivity index (χ1v) is 4.42. The van der Waals surface area contributed by atoms with E-state index >= 15 is 0 Å². The van der Waals surface area contributed by atoms with Gasteiger partial charge in [-0.15, -0.1) is 0 Å². The molecule has 0 fully saturated rings. The number of hydrogen-bond donors (Lipinski definition) is 3. The van der Waals surface area contributed by atoms with E-state index in [1.807, 2.05) is 0 Å². The highest BCUT2D eigenvalue weighted by Gasteiger charge is 2.38. The monoisotopic (exact) mass is 274 g/mol. The summed E-state index contributed by atoms with van der Waals surface area (Å²) in [6.45, 7) is 1.41. The third-order valence-corrected chi connectivity index (χ3v) is 1.29. The lowest BCUT2D eigenvalue weighted by Gasteiger charge is -2.05. The van der Waals surface area contributed by atoms with Crippen molar-refractivity contribution in [2.45, 2.75) is 19.1 Å². The number of amides is 1. The van der Waals surface area contributed by atoms with E-state index in [0.717, 1.165) is 0 Å². The molecule has 0 radical (unpaired) electrons. The molecular weight excluding hydrogens is 261 g/mol. The van der Waals surface area contributed by atoms with E-state index in [-0.39, 0.29) is 12.5 Å². The van der Waals surface area contributed by atoms with Gasteiger partial charge < -0.3 is 20.9 Å². The molecule has 1 amide bonds. The van der Waals surface area contributed by atoms with Gasteiger partial charge in [-0.05, 0) is 6.92 Å². The van der Waals surface area contributed by atoms with Gasteiger partial charge in [0.05, 0.1) is 13.2 Å². The van der Waals surface area contributed by atoms with Gasteiger partial charge in [0.15, 0.2) is 0 Å². The first kappa shape index (κ1) is 18.5. The van der Waals surface area contributed by atoms with Crippen LogP contribution in [0.15, 0.2) is 0 Å². The van der Waals surface area contributed by atoms with Crippen LogP contribution in [0.2, 0.25) is 0 Å². The number of halogens is 3. The molecule has 106 valence electrons. The van der Waals surface area contributed by atoms with E-state index in [9.17, 15) is 22.8 Å². The van der Waals surface area contributed by atoms with Gasteiger partial charge in [-0.2, -0.15) is 13.2 Å². The quantitative estimate of drug-likeness (QED) is 0.583. The minimum Gasteiger partial charge on any atom is -0.475 e. The number of esters is 1. The van der Waals surface area contributed by atoms with Crippen LogP contribution in [0, 0.1) is 0 Å². The van der Waals surface area contributed by atoms with Crippen molar-refractivity contribution in [1.82, 2.24) is 5.32 Å². The molecule has 0 aromatic rings. The molecule has 0 rings (SSSR count). The zero-order valence-electron chi connectivity index (χ0n) is 9.58. The first-order valence-electron chi connectivity index (χ1n) is 4.42. The lowest BCUT2D eigenvalue weighted by molar-refractivity contribution is -0.192. The maximum absolute atomic E-state index is 10.7. The summed E-state index contributed by atoms with van der Waals surface area (Å²) in [4.78, 5) is 30.1. The normalized spacial score (nSPS) is 11.7. The van der Waals surface area contributed by atoms with E-state index in [1.165, 1.54) is 14.0 Å². The van der Waals surface area contributed by atoms with Crippen LogP contribution >= 0.6 is 0 Å². The minimum atomic E-state index is -5.08. The van der Waals surface area contributed by atoms with E-state index < -0.39 is 24.2 Å². The Kier molecular flexibility index (Phi) is 8.52. The number of rotatable bonds is 3. The molecule has 1 atom stereocenters. The molecule has 0 heterocycles. The number of nitrogens with one attached hydrogen (secondary N) is 1. The Morgan fingerprint density at radius 2 is 1.78 bits per heavy atom. The Hall–Kier alpha value is -1.84. The van der Waals surface area contributed by atoms with Crippen LogP contribution in [0.1, 0.15) is 6.92 Å². The Balaban J connectivity index is 0. The molecule has 0 aromatic heterocycles. The predicted molar refractivity (Wildman–Crippen MR) is 52.4 cm³/mol. The van der Waals surface area contributed by atoms with Crippen LogP contribution < -0.4 is 11.1 Å². The first-order chi connectivity index (χ1) is 8.02. The van der Waals surface area contributed by atoms with Gasteiger partial charge in [0.1, 0.15) is 6.54 Å². The van der Waals surface area contributed by atoms with Crippen LogP contribution in [-0.4, -0.2) is 48.8 Å². The summed E-state index contributed by atoms with van der Waals surface area (Å²) in [5.41, 5.74) is 5.20. The fourth-order valence-corrected chi connectivity index (χ4v) is 0.392. The highest BCUT2D eigenvalue weighted by atomic mass is 19.4. The number of aliphatic carboxylic acids is 1. The van der Waals surface area contributed by atoms with Crippen molar-refractivity contribution < 1.29 is 37.4 Å². The van der Waals surface area contributed by atoms with E-state index in [0.29, 0.717) is 0 Å². The standard InChI is InChI=1S/C6H12N2O3.C2HF3O2/c1-4(7)6(10)8-3-5(9)11-2;3-2(4,5)1(6)7/h4H,3,7H2,1-2H3,(H,8,10);(H,6,7)/t4-;/m0./s1. The molecule has 0 aromatic carbocycles. The van der Waals surface area contributed by atoms with Crippen molar-refractivity contribution in [1.29, 1.82) is 0 Å². The summed E-state index contributed by atoms with van der Waals surface area (Å²) in [6, 6.07) is -0.598. The van der Waals surface area contributed by atoms with Gasteiger partial charge in [0.2, 0.25) is 5.91 Å². The van der Waals surface area contributed by atoms with Crippen LogP contribution in [0.5, 0.6) is 0 Å². The van der Waals surface area contributed by atoms with Crippen molar-refractivity contribution in [3.8, 4) is 0 Å². The number of ether oxygens (including phenoxy) is 1. The van der Waals surface area contributed by atoms with Crippen molar-refractivity contribution >= 4 is 17.8 Å². The fourth-order valence-electron chi connectivity index (χ4n) is 0.392. The topological polar surface area (TPSA) is 119 Å². The summed E-state index contributed by atoms with van der Waals surface area (Å²) < 4.78 is 36.0. The highest BCUT2D eigenvalue weighted by molar-refractivity contribution is 5.85. The largest absolute Gasteiger partial charge is 0.490 e. The molecule has 0 spiro atoms. The number of carbonyl (C=O) groups is 3. The molecule has 0 aliphatic rings. The number of methoxy groups -OCH3 is 1. The number of carboxylic acid groups (broad SMARTS) is 1. The average Bonchev–Trinajstić information content (AvgIpc) is 2.24. The molecule has 0 unspecified atom stereocenters. The maximum atomic E-state index is 10.7. The van der Waals surface area contributed by atoms with E-state index in [1.54, 1.807) is 0 Å². The second-order valence-corrected chi connectivity index (χ2v) is 2.89. The zero-order chi connectivity index (χ0) is 14.9. The van der Waals surface area contributed by atoms with E-state index in [2.05, 4.69) is 10.1 Å². The van der Waals surface area contributed by atoms with Crippen LogP contribution in [0.4, 0.5) is 13.2 Å². The number of hydrogen-bond acceptors (Lipinski definition) is 5. The molecule has 0 saturated heterocycles. The average molecular weight is 274 g/mol. The summed E-state index contributed by atoms with van der Waals surface area (Å²) in [5, 5.41) is 9.42. The molecule has 7 nitrogen and oxygen atoms in total. The van der Waals surface area contributed by atoms with Gasteiger partial charge in [-0.3, -0.25) is 9.59 Å². The molecule has 0 aliphatic carbocycles. The maximum Gasteiger partial charge on any atom is 0.490 e. The van der Waals surface area contributed by atoms with Crippen molar-refractivity contribution in [3.63, 3.8) is 0 Å². The lowest BCUT2D eigenvalue weighted by Crippen LogP contribution is -2.40. The second-order valence-electron chi connectivity index (χ2n) is 2.89. The third kappa shape index (κ3) is 10.7. The molecule has 10 heteroatoms. The Bertz CT molecular complexity index is 304.